The van der Waals surface area contributed by atoms with Crippen LogP contribution >= 0.6 is 0 Å². The normalized spacial score (nSPS) is 14.8. The first-order valence-electron chi connectivity index (χ1n) is 8.47. The number of nitrogens with one attached hydrogen (secondary N) is 1. The first-order valence-corrected chi connectivity index (χ1v) is 10.1. The molecule has 0 radical (unpaired) electrons. The van der Waals surface area contributed by atoms with E-state index in [9.17, 15) is 13.2 Å². The summed E-state index contributed by atoms with van der Waals surface area (Å²) in [5.41, 5.74) is 2.40. The molecular formula is C18H26N2O3S. The van der Waals surface area contributed by atoms with Gasteiger partial charge >= 0.3 is 0 Å². The lowest BCUT2D eigenvalue weighted by atomic mass is 9.97. The summed E-state index contributed by atoms with van der Waals surface area (Å²) in [6.07, 6.45) is 7.93. The van der Waals surface area contributed by atoms with Gasteiger partial charge in [-0.05, 0) is 57.2 Å². The molecule has 6 heteroatoms. The molecule has 1 N–H and O–H groups in total. The second-order valence-electron chi connectivity index (χ2n) is 6.03. The molecule has 132 valence electrons. The van der Waals surface area contributed by atoms with Crippen molar-refractivity contribution in [3.63, 3.8) is 0 Å². The molecule has 2 rings (SSSR count). The molecule has 0 unspecified atom stereocenters. The highest BCUT2D eigenvalue weighted by molar-refractivity contribution is 7.92. The molecule has 0 bridgehead atoms. The molecule has 1 aliphatic rings. The van der Waals surface area contributed by atoms with Crippen molar-refractivity contribution in [2.75, 3.05) is 23.7 Å². The van der Waals surface area contributed by atoms with Gasteiger partial charge in [-0.1, -0.05) is 17.7 Å². The lowest BCUT2D eigenvalue weighted by Gasteiger charge is -2.19. The van der Waals surface area contributed by atoms with Crippen LogP contribution in [0.1, 0.15) is 49.4 Å². The smallest absolute Gasteiger partial charge is 0.251 e. The van der Waals surface area contributed by atoms with Crippen molar-refractivity contribution in [3.05, 3.63) is 41.5 Å². The number of hydrogen-bond acceptors (Lipinski definition) is 3. The Morgan fingerprint density at radius 3 is 2.75 bits per heavy atom. The lowest BCUT2D eigenvalue weighted by Crippen LogP contribution is -2.29. The monoisotopic (exact) mass is 350 g/mol. The molecule has 0 saturated carbocycles. The van der Waals surface area contributed by atoms with Crippen LogP contribution in [0.3, 0.4) is 0 Å². The number of anilines is 1. The van der Waals surface area contributed by atoms with Crippen molar-refractivity contribution < 1.29 is 13.2 Å². The number of sulfonamides is 1. The molecule has 0 atom stereocenters. The zero-order valence-electron chi connectivity index (χ0n) is 14.4. The van der Waals surface area contributed by atoms with Crippen LogP contribution in [0.5, 0.6) is 0 Å². The van der Waals surface area contributed by atoms with E-state index in [-0.39, 0.29) is 11.7 Å². The van der Waals surface area contributed by atoms with Gasteiger partial charge in [0, 0.05) is 19.2 Å². The average molecular weight is 350 g/mol. The van der Waals surface area contributed by atoms with Crippen LogP contribution in [0, 0.1) is 0 Å². The Morgan fingerprint density at radius 1 is 1.29 bits per heavy atom. The number of benzene rings is 1. The van der Waals surface area contributed by atoms with Crippen LogP contribution in [-0.2, 0) is 10.0 Å². The van der Waals surface area contributed by atoms with Gasteiger partial charge in [0.1, 0.15) is 0 Å². The summed E-state index contributed by atoms with van der Waals surface area (Å²) in [6.45, 7) is 2.21. The molecule has 0 fully saturated rings. The average Bonchev–Trinajstić information content (AvgIpc) is 2.62. The van der Waals surface area contributed by atoms with E-state index in [2.05, 4.69) is 11.4 Å². The highest BCUT2D eigenvalue weighted by atomic mass is 32.2. The fourth-order valence-electron chi connectivity index (χ4n) is 2.77. The number of rotatable bonds is 7. The van der Waals surface area contributed by atoms with Gasteiger partial charge in [0.05, 0.1) is 11.4 Å². The molecule has 5 nitrogen and oxygen atoms in total. The third kappa shape index (κ3) is 4.84. The molecule has 1 aromatic carbocycles. The Bertz CT molecular complexity index is 711. The SMILES string of the molecule is CCS(=O)(=O)N(C)c1cccc(C(=O)NCCC2=CCCCC2)c1. The zero-order chi connectivity index (χ0) is 17.6. The minimum atomic E-state index is -3.33. The number of hydrogen-bond donors (Lipinski definition) is 1. The molecule has 0 heterocycles. The molecule has 1 aromatic rings. The van der Waals surface area contributed by atoms with Crippen LogP contribution in [0.15, 0.2) is 35.9 Å². The summed E-state index contributed by atoms with van der Waals surface area (Å²) < 4.78 is 25.1. The Balaban J connectivity index is 1.97. The third-order valence-electron chi connectivity index (χ3n) is 4.37. The van der Waals surface area contributed by atoms with Crippen molar-refractivity contribution in [2.45, 2.75) is 39.0 Å². The third-order valence-corrected chi connectivity index (χ3v) is 6.15. The van der Waals surface area contributed by atoms with E-state index < -0.39 is 10.0 Å². The fraction of sp³-hybridized carbons (Fsp3) is 0.500. The number of amides is 1. The van der Waals surface area contributed by atoms with Gasteiger partial charge in [0.15, 0.2) is 0 Å². The maximum absolute atomic E-state index is 12.3. The first-order chi connectivity index (χ1) is 11.4. The van der Waals surface area contributed by atoms with Crippen molar-refractivity contribution in [1.82, 2.24) is 5.32 Å². The van der Waals surface area contributed by atoms with Gasteiger partial charge in [-0.2, -0.15) is 0 Å². The summed E-state index contributed by atoms with van der Waals surface area (Å²) in [5, 5.41) is 2.92. The largest absolute Gasteiger partial charge is 0.352 e. The highest BCUT2D eigenvalue weighted by Crippen LogP contribution is 2.20. The van der Waals surface area contributed by atoms with Crippen LogP contribution < -0.4 is 9.62 Å². The summed E-state index contributed by atoms with van der Waals surface area (Å²) in [4.78, 5) is 12.3. The summed E-state index contributed by atoms with van der Waals surface area (Å²) in [5.74, 6) is -0.148. The van der Waals surface area contributed by atoms with Gasteiger partial charge in [0.2, 0.25) is 10.0 Å². The van der Waals surface area contributed by atoms with Crippen LogP contribution in [-0.4, -0.2) is 33.7 Å². The molecule has 0 aliphatic heterocycles. The van der Waals surface area contributed by atoms with E-state index in [0.717, 1.165) is 19.3 Å². The van der Waals surface area contributed by atoms with E-state index >= 15 is 0 Å². The second-order valence-corrected chi connectivity index (χ2v) is 8.32. The van der Waals surface area contributed by atoms with Crippen molar-refractivity contribution in [1.29, 1.82) is 0 Å². The van der Waals surface area contributed by atoms with Crippen molar-refractivity contribution in [3.8, 4) is 0 Å². The van der Waals surface area contributed by atoms with Crippen molar-refractivity contribution in [2.24, 2.45) is 0 Å². The molecule has 0 saturated heterocycles. The minimum Gasteiger partial charge on any atom is -0.352 e. The summed E-state index contributed by atoms with van der Waals surface area (Å²) in [7, 11) is -1.83. The van der Waals surface area contributed by atoms with Crippen LogP contribution in [0.2, 0.25) is 0 Å². The molecule has 1 amide bonds. The molecule has 0 spiro atoms. The van der Waals surface area contributed by atoms with E-state index in [0.29, 0.717) is 17.8 Å². The van der Waals surface area contributed by atoms with Gasteiger partial charge in [-0.25, -0.2) is 8.42 Å². The standard InChI is InChI=1S/C18H26N2O3S/c1-3-24(22,23)20(2)17-11-7-10-16(14-17)18(21)19-13-12-15-8-5-4-6-9-15/h7-8,10-11,14H,3-6,9,12-13H2,1-2H3,(H,19,21). The quantitative estimate of drug-likeness (QED) is 0.769. The second kappa shape index (κ2) is 8.33. The molecule has 0 aromatic heterocycles. The van der Waals surface area contributed by atoms with E-state index in [1.165, 1.54) is 29.8 Å². The topological polar surface area (TPSA) is 66.5 Å². The minimum absolute atomic E-state index is 0.0229. The van der Waals surface area contributed by atoms with Crippen molar-refractivity contribution >= 4 is 21.6 Å². The molecular weight excluding hydrogens is 324 g/mol. The van der Waals surface area contributed by atoms with E-state index in [4.69, 9.17) is 0 Å². The zero-order valence-corrected chi connectivity index (χ0v) is 15.2. The van der Waals surface area contributed by atoms with E-state index in [1.54, 1.807) is 31.2 Å². The van der Waals surface area contributed by atoms with Gasteiger partial charge < -0.3 is 5.32 Å². The predicted octanol–water partition coefficient (Wildman–Crippen LogP) is 3.09. The predicted molar refractivity (Wildman–Crippen MR) is 97.8 cm³/mol. The highest BCUT2D eigenvalue weighted by Gasteiger charge is 2.17. The Labute approximate surface area is 144 Å². The van der Waals surface area contributed by atoms with Crippen LogP contribution in [0.25, 0.3) is 0 Å². The lowest BCUT2D eigenvalue weighted by molar-refractivity contribution is 0.0954. The molecule has 1 aliphatic carbocycles. The number of carbonyl (C=O) groups excluding carboxylic acids is 1. The first kappa shape index (κ1) is 18.5. The maximum atomic E-state index is 12.3. The number of allylic oxidation sites excluding steroid dienone is 1. The molecule has 24 heavy (non-hydrogen) atoms. The Morgan fingerprint density at radius 2 is 2.08 bits per heavy atom. The Hall–Kier alpha value is -1.82. The number of nitrogens with zero attached hydrogens (tertiary/aromatic N) is 1. The fourth-order valence-corrected chi connectivity index (χ4v) is 3.59. The summed E-state index contributed by atoms with van der Waals surface area (Å²) >= 11 is 0. The maximum Gasteiger partial charge on any atom is 0.251 e. The Kier molecular flexibility index (Phi) is 6.43. The number of carbonyl (C=O) groups is 1. The van der Waals surface area contributed by atoms with Gasteiger partial charge in [-0.3, -0.25) is 9.10 Å². The van der Waals surface area contributed by atoms with Gasteiger partial charge in [0.25, 0.3) is 5.91 Å². The summed E-state index contributed by atoms with van der Waals surface area (Å²) in [6, 6.07) is 6.71. The van der Waals surface area contributed by atoms with Crippen LogP contribution in [0.4, 0.5) is 5.69 Å². The van der Waals surface area contributed by atoms with Gasteiger partial charge in [-0.15, -0.1) is 0 Å². The van der Waals surface area contributed by atoms with E-state index in [1.807, 2.05) is 0 Å².